The molecule has 6 nitrogen and oxygen atoms in total. The van der Waals surface area contributed by atoms with Crippen LogP contribution < -0.4 is 10.1 Å². The molecule has 0 saturated carbocycles. The van der Waals surface area contributed by atoms with E-state index < -0.39 is 4.92 Å². The van der Waals surface area contributed by atoms with Gasteiger partial charge in [0.15, 0.2) is 0 Å². The van der Waals surface area contributed by atoms with Gasteiger partial charge in [-0.25, -0.2) is 4.98 Å². The predicted molar refractivity (Wildman–Crippen MR) is 100 cm³/mol. The van der Waals surface area contributed by atoms with Crippen molar-refractivity contribution in [1.82, 2.24) is 4.98 Å². The van der Waals surface area contributed by atoms with Gasteiger partial charge in [-0.1, -0.05) is 41.9 Å². The van der Waals surface area contributed by atoms with Gasteiger partial charge in [0.05, 0.1) is 15.6 Å². The molecule has 0 spiro atoms. The van der Waals surface area contributed by atoms with Crippen molar-refractivity contribution in [1.29, 1.82) is 0 Å². The summed E-state index contributed by atoms with van der Waals surface area (Å²) in [5.41, 5.74) is 2.61. The van der Waals surface area contributed by atoms with E-state index in [-0.39, 0.29) is 5.69 Å². The van der Waals surface area contributed by atoms with Crippen molar-refractivity contribution < 1.29 is 9.66 Å². The Morgan fingerprint density at radius 1 is 1.08 bits per heavy atom. The van der Waals surface area contributed by atoms with Crippen molar-refractivity contribution in [3.8, 4) is 5.88 Å². The Hall–Kier alpha value is -3.12. The van der Waals surface area contributed by atoms with Gasteiger partial charge in [0.2, 0.25) is 5.88 Å². The largest absolute Gasteiger partial charge is 0.473 e. The molecule has 132 valence electrons. The third kappa shape index (κ3) is 4.70. The molecule has 1 heterocycles. The first-order valence-corrected chi connectivity index (χ1v) is 8.29. The number of ether oxygens (including phenoxy) is 1. The predicted octanol–water partition coefficient (Wildman–Crippen LogP) is 4.83. The summed E-state index contributed by atoms with van der Waals surface area (Å²) in [5.74, 6) is 0.531. The van der Waals surface area contributed by atoms with Crippen molar-refractivity contribution in [2.45, 2.75) is 13.2 Å². The molecule has 0 fully saturated rings. The van der Waals surface area contributed by atoms with Crippen molar-refractivity contribution in [3.63, 3.8) is 0 Å². The van der Waals surface area contributed by atoms with Gasteiger partial charge in [-0.2, -0.15) is 0 Å². The first kappa shape index (κ1) is 17.7. The van der Waals surface area contributed by atoms with Crippen LogP contribution >= 0.6 is 11.6 Å². The van der Waals surface area contributed by atoms with Crippen molar-refractivity contribution in [2.24, 2.45) is 0 Å². The SMILES string of the molecule is O=[N+]([O-])c1ccc(NCc2ccnc(OCc3ccccc3)c2)c(Cl)c1. The Kier molecular flexibility index (Phi) is 5.66. The third-order valence-electron chi connectivity index (χ3n) is 3.68. The van der Waals surface area contributed by atoms with E-state index >= 15 is 0 Å². The Morgan fingerprint density at radius 3 is 2.62 bits per heavy atom. The van der Waals surface area contributed by atoms with Gasteiger partial charge >= 0.3 is 0 Å². The fraction of sp³-hybridized carbons (Fsp3) is 0.105. The average Bonchev–Trinajstić information content (AvgIpc) is 2.66. The molecule has 3 rings (SSSR count). The second-order valence-electron chi connectivity index (χ2n) is 5.55. The fourth-order valence-electron chi connectivity index (χ4n) is 2.33. The highest BCUT2D eigenvalue weighted by atomic mass is 35.5. The Morgan fingerprint density at radius 2 is 1.88 bits per heavy atom. The summed E-state index contributed by atoms with van der Waals surface area (Å²) in [7, 11) is 0. The van der Waals surface area contributed by atoms with E-state index in [1.807, 2.05) is 42.5 Å². The maximum atomic E-state index is 10.8. The van der Waals surface area contributed by atoms with Gasteiger partial charge < -0.3 is 10.1 Å². The van der Waals surface area contributed by atoms with Crippen molar-refractivity contribution >= 4 is 23.0 Å². The number of halogens is 1. The van der Waals surface area contributed by atoms with Crippen LogP contribution in [0.4, 0.5) is 11.4 Å². The van der Waals surface area contributed by atoms with E-state index in [1.54, 1.807) is 12.3 Å². The summed E-state index contributed by atoms with van der Waals surface area (Å²) in [4.78, 5) is 14.5. The minimum absolute atomic E-state index is 0.0407. The zero-order valence-electron chi connectivity index (χ0n) is 13.8. The molecular weight excluding hydrogens is 354 g/mol. The highest BCUT2D eigenvalue weighted by molar-refractivity contribution is 6.33. The zero-order valence-corrected chi connectivity index (χ0v) is 14.5. The fourth-order valence-corrected chi connectivity index (χ4v) is 2.57. The van der Waals surface area contributed by atoms with Gasteiger partial charge in [-0.3, -0.25) is 10.1 Å². The van der Waals surface area contributed by atoms with Crippen LogP contribution in [0.5, 0.6) is 5.88 Å². The molecule has 0 saturated heterocycles. The normalized spacial score (nSPS) is 10.3. The van der Waals surface area contributed by atoms with E-state index in [0.29, 0.717) is 29.7 Å². The lowest BCUT2D eigenvalue weighted by Gasteiger charge is -2.10. The van der Waals surface area contributed by atoms with E-state index in [9.17, 15) is 10.1 Å². The number of nitrogens with zero attached hydrogens (tertiary/aromatic N) is 2. The number of hydrogen-bond acceptors (Lipinski definition) is 5. The van der Waals surface area contributed by atoms with E-state index in [0.717, 1.165) is 11.1 Å². The summed E-state index contributed by atoms with van der Waals surface area (Å²) in [5, 5.41) is 14.2. The standard InChI is InChI=1S/C19H16ClN3O3/c20-17-11-16(23(24)25)6-7-18(17)22-12-15-8-9-21-19(10-15)26-13-14-4-2-1-3-5-14/h1-11,22H,12-13H2. The van der Waals surface area contributed by atoms with Gasteiger partial charge in [0, 0.05) is 30.9 Å². The summed E-state index contributed by atoms with van der Waals surface area (Å²) in [6.07, 6.45) is 1.68. The minimum Gasteiger partial charge on any atom is -0.473 e. The first-order chi connectivity index (χ1) is 12.6. The van der Waals surface area contributed by atoms with Crippen LogP contribution in [-0.2, 0) is 13.2 Å². The second-order valence-corrected chi connectivity index (χ2v) is 5.96. The summed E-state index contributed by atoms with van der Waals surface area (Å²) in [6.45, 7) is 0.931. The van der Waals surface area contributed by atoms with Crippen LogP contribution in [0.2, 0.25) is 5.02 Å². The number of aromatic nitrogens is 1. The van der Waals surface area contributed by atoms with Gasteiger partial charge in [-0.15, -0.1) is 0 Å². The molecule has 3 aromatic rings. The number of anilines is 1. The number of hydrogen-bond donors (Lipinski definition) is 1. The Balaban J connectivity index is 1.61. The Bertz CT molecular complexity index is 904. The Labute approximate surface area is 155 Å². The number of nitrogens with one attached hydrogen (secondary N) is 1. The molecule has 0 aliphatic heterocycles. The van der Waals surface area contributed by atoms with Crippen LogP contribution in [0, 0.1) is 10.1 Å². The van der Waals surface area contributed by atoms with Gasteiger partial charge in [0.1, 0.15) is 6.61 Å². The molecule has 0 unspecified atom stereocenters. The molecular formula is C19H16ClN3O3. The highest BCUT2D eigenvalue weighted by Gasteiger charge is 2.09. The summed E-state index contributed by atoms with van der Waals surface area (Å²) in [6, 6.07) is 17.9. The molecule has 0 bridgehead atoms. The van der Waals surface area contributed by atoms with Crippen LogP contribution in [0.1, 0.15) is 11.1 Å². The maximum Gasteiger partial charge on any atom is 0.271 e. The molecule has 1 aromatic heterocycles. The van der Waals surface area contributed by atoms with Crippen molar-refractivity contribution in [2.75, 3.05) is 5.32 Å². The molecule has 0 aliphatic rings. The minimum atomic E-state index is -0.477. The lowest BCUT2D eigenvalue weighted by molar-refractivity contribution is -0.384. The topological polar surface area (TPSA) is 77.3 Å². The quantitative estimate of drug-likeness (QED) is 0.476. The third-order valence-corrected chi connectivity index (χ3v) is 3.99. The lowest BCUT2D eigenvalue weighted by Crippen LogP contribution is -2.02. The van der Waals surface area contributed by atoms with Crippen molar-refractivity contribution in [3.05, 3.63) is 93.1 Å². The number of benzene rings is 2. The molecule has 0 atom stereocenters. The van der Waals surface area contributed by atoms with E-state index in [4.69, 9.17) is 16.3 Å². The molecule has 7 heteroatoms. The number of pyridine rings is 1. The number of non-ortho nitro benzene ring substituents is 1. The van der Waals surface area contributed by atoms with Gasteiger partial charge in [0.25, 0.3) is 5.69 Å². The molecule has 1 N–H and O–H groups in total. The van der Waals surface area contributed by atoms with E-state index in [2.05, 4.69) is 10.3 Å². The molecule has 0 radical (unpaired) electrons. The zero-order chi connectivity index (χ0) is 18.4. The second kappa shape index (κ2) is 8.31. The number of nitro groups is 1. The molecule has 0 amide bonds. The monoisotopic (exact) mass is 369 g/mol. The molecule has 26 heavy (non-hydrogen) atoms. The smallest absolute Gasteiger partial charge is 0.271 e. The molecule has 0 aliphatic carbocycles. The molecule has 2 aromatic carbocycles. The maximum absolute atomic E-state index is 10.8. The summed E-state index contributed by atoms with van der Waals surface area (Å²) >= 11 is 6.08. The van der Waals surface area contributed by atoms with Crippen LogP contribution in [0.3, 0.4) is 0 Å². The van der Waals surface area contributed by atoms with Crippen LogP contribution in [-0.4, -0.2) is 9.91 Å². The first-order valence-electron chi connectivity index (χ1n) is 7.91. The van der Waals surface area contributed by atoms with Gasteiger partial charge in [-0.05, 0) is 23.3 Å². The number of rotatable bonds is 7. The van der Waals surface area contributed by atoms with Crippen LogP contribution in [0.25, 0.3) is 0 Å². The highest BCUT2D eigenvalue weighted by Crippen LogP contribution is 2.27. The summed E-state index contributed by atoms with van der Waals surface area (Å²) < 4.78 is 5.71. The van der Waals surface area contributed by atoms with E-state index in [1.165, 1.54) is 12.1 Å². The number of nitro benzene ring substituents is 1. The van der Waals surface area contributed by atoms with Crippen LogP contribution in [0.15, 0.2) is 66.9 Å². The average molecular weight is 370 g/mol. The lowest BCUT2D eigenvalue weighted by atomic mass is 10.2.